The van der Waals surface area contributed by atoms with Crippen LogP contribution in [-0.2, 0) is 9.59 Å². The van der Waals surface area contributed by atoms with Gasteiger partial charge in [0.25, 0.3) is 0 Å². The summed E-state index contributed by atoms with van der Waals surface area (Å²) >= 11 is 0. The first-order chi connectivity index (χ1) is 10.6. The molecule has 0 spiro atoms. The number of likely N-dealkylation sites (N-methyl/N-ethyl adjacent to an activating group) is 2. The van der Waals surface area contributed by atoms with E-state index in [9.17, 15) is 9.59 Å². The van der Waals surface area contributed by atoms with Gasteiger partial charge >= 0.3 is 0 Å². The fourth-order valence-electron chi connectivity index (χ4n) is 2.03. The van der Waals surface area contributed by atoms with Gasteiger partial charge in [0.1, 0.15) is 5.75 Å². The van der Waals surface area contributed by atoms with Crippen molar-refractivity contribution in [1.29, 1.82) is 0 Å². The van der Waals surface area contributed by atoms with E-state index >= 15 is 0 Å². The van der Waals surface area contributed by atoms with E-state index in [1.165, 1.54) is 0 Å². The fourth-order valence-corrected chi connectivity index (χ4v) is 2.03. The maximum absolute atomic E-state index is 12.0. The normalized spacial score (nSPS) is 10.4. The van der Waals surface area contributed by atoms with Crippen molar-refractivity contribution >= 4 is 17.5 Å². The Bertz CT molecular complexity index is 491. The smallest absolute Gasteiger partial charge is 0.234 e. The lowest BCUT2D eigenvalue weighted by atomic mass is 10.2. The van der Waals surface area contributed by atoms with Gasteiger partial charge in [-0.2, -0.15) is 0 Å². The number of rotatable bonds is 9. The van der Waals surface area contributed by atoms with E-state index in [1.54, 1.807) is 19.2 Å². The van der Waals surface area contributed by atoms with Crippen LogP contribution in [0.3, 0.4) is 0 Å². The van der Waals surface area contributed by atoms with Crippen LogP contribution >= 0.6 is 0 Å². The second-order valence-electron chi connectivity index (χ2n) is 4.82. The summed E-state index contributed by atoms with van der Waals surface area (Å²) in [7, 11) is 1.57. The Morgan fingerprint density at radius 3 is 2.55 bits per heavy atom. The third kappa shape index (κ3) is 6.13. The van der Waals surface area contributed by atoms with Crippen molar-refractivity contribution in [2.75, 3.05) is 38.6 Å². The largest absolute Gasteiger partial charge is 0.495 e. The molecule has 122 valence electrons. The molecule has 0 fully saturated rings. The molecule has 6 nitrogen and oxygen atoms in total. The fraction of sp³-hybridized carbons (Fsp3) is 0.500. The molecule has 0 aliphatic carbocycles. The van der Waals surface area contributed by atoms with Gasteiger partial charge in [0.2, 0.25) is 11.8 Å². The Balaban J connectivity index is 2.45. The van der Waals surface area contributed by atoms with Crippen LogP contribution in [0, 0.1) is 0 Å². The highest BCUT2D eigenvalue weighted by Crippen LogP contribution is 2.22. The monoisotopic (exact) mass is 307 g/mol. The number of ether oxygens (including phenoxy) is 1. The lowest BCUT2D eigenvalue weighted by Crippen LogP contribution is -2.38. The van der Waals surface area contributed by atoms with E-state index in [4.69, 9.17) is 4.74 Å². The minimum absolute atomic E-state index is 0.0190. The topological polar surface area (TPSA) is 70.7 Å². The third-order valence-electron chi connectivity index (χ3n) is 3.22. The van der Waals surface area contributed by atoms with Crippen molar-refractivity contribution < 1.29 is 14.3 Å². The lowest BCUT2D eigenvalue weighted by Gasteiger charge is -2.19. The van der Waals surface area contributed by atoms with Gasteiger partial charge in [0.05, 0.1) is 19.3 Å². The maximum Gasteiger partial charge on any atom is 0.234 e. The van der Waals surface area contributed by atoms with Gasteiger partial charge in [0.15, 0.2) is 0 Å². The first-order valence-corrected chi connectivity index (χ1v) is 7.52. The molecular weight excluding hydrogens is 282 g/mol. The third-order valence-corrected chi connectivity index (χ3v) is 3.22. The number of carbonyl (C=O) groups excluding carboxylic acids is 2. The molecule has 0 bridgehead atoms. The van der Waals surface area contributed by atoms with Gasteiger partial charge in [-0.3, -0.25) is 14.5 Å². The molecule has 1 rings (SSSR count). The molecule has 1 aromatic carbocycles. The highest BCUT2D eigenvalue weighted by Gasteiger charge is 2.11. The summed E-state index contributed by atoms with van der Waals surface area (Å²) in [6.07, 6.45) is 0.325. The summed E-state index contributed by atoms with van der Waals surface area (Å²) in [5.41, 5.74) is 0.654. The van der Waals surface area contributed by atoms with Crippen LogP contribution in [-0.4, -0.2) is 50.0 Å². The van der Waals surface area contributed by atoms with E-state index in [0.717, 1.165) is 6.54 Å². The molecule has 2 amide bonds. The summed E-state index contributed by atoms with van der Waals surface area (Å²) < 4.78 is 5.19. The van der Waals surface area contributed by atoms with Gasteiger partial charge in [-0.15, -0.1) is 0 Å². The van der Waals surface area contributed by atoms with Crippen LogP contribution in [0.5, 0.6) is 5.75 Å². The standard InChI is InChI=1S/C16H25N3O3/c1-4-17-16(21)12-19(5-2)11-10-15(20)18-13-8-6-7-9-14(13)22-3/h6-9H,4-5,10-12H2,1-3H3,(H,17,21)(H,18,20). The number of benzene rings is 1. The molecule has 6 heteroatoms. The maximum atomic E-state index is 12.0. The molecule has 0 saturated heterocycles. The zero-order valence-electron chi connectivity index (χ0n) is 13.5. The van der Waals surface area contributed by atoms with E-state index in [1.807, 2.05) is 30.9 Å². The van der Waals surface area contributed by atoms with Crippen LogP contribution in [0.2, 0.25) is 0 Å². The van der Waals surface area contributed by atoms with Crippen molar-refractivity contribution in [3.8, 4) is 5.75 Å². The number of anilines is 1. The number of nitrogens with zero attached hydrogens (tertiary/aromatic N) is 1. The summed E-state index contributed by atoms with van der Waals surface area (Å²) in [6.45, 7) is 6.04. The number of hydrogen-bond acceptors (Lipinski definition) is 4. The summed E-state index contributed by atoms with van der Waals surface area (Å²) in [5, 5.41) is 5.58. The Morgan fingerprint density at radius 2 is 1.91 bits per heavy atom. The Morgan fingerprint density at radius 1 is 1.18 bits per heavy atom. The zero-order valence-corrected chi connectivity index (χ0v) is 13.5. The van der Waals surface area contributed by atoms with Crippen LogP contribution in [0.4, 0.5) is 5.69 Å². The predicted octanol–water partition coefficient (Wildman–Crippen LogP) is 1.48. The number of para-hydroxylation sites is 2. The minimum Gasteiger partial charge on any atom is -0.495 e. The van der Waals surface area contributed by atoms with Crippen molar-refractivity contribution in [2.45, 2.75) is 20.3 Å². The number of methoxy groups -OCH3 is 1. The molecule has 1 aromatic rings. The van der Waals surface area contributed by atoms with E-state index in [-0.39, 0.29) is 11.8 Å². The lowest BCUT2D eigenvalue weighted by molar-refractivity contribution is -0.123. The number of amides is 2. The zero-order chi connectivity index (χ0) is 16.4. The van der Waals surface area contributed by atoms with Crippen molar-refractivity contribution in [3.63, 3.8) is 0 Å². The van der Waals surface area contributed by atoms with Gasteiger partial charge in [-0.05, 0) is 25.6 Å². The molecule has 0 atom stereocenters. The molecule has 0 heterocycles. The van der Waals surface area contributed by atoms with Crippen LogP contribution in [0.25, 0.3) is 0 Å². The average molecular weight is 307 g/mol. The van der Waals surface area contributed by atoms with E-state index < -0.39 is 0 Å². The minimum atomic E-state index is -0.0983. The van der Waals surface area contributed by atoms with Crippen LogP contribution < -0.4 is 15.4 Å². The molecule has 22 heavy (non-hydrogen) atoms. The first-order valence-electron chi connectivity index (χ1n) is 7.52. The molecule has 0 radical (unpaired) electrons. The Hall–Kier alpha value is -2.08. The average Bonchev–Trinajstić information content (AvgIpc) is 2.52. The van der Waals surface area contributed by atoms with Gasteiger partial charge in [-0.25, -0.2) is 0 Å². The molecule has 0 aliphatic heterocycles. The summed E-state index contributed by atoms with van der Waals surface area (Å²) in [5.74, 6) is 0.513. The van der Waals surface area contributed by atoms with Gasteiger partial charge in [-0.1, -0.05) is 19.1 Å². The Labute approximate surface area is 131 Å². The second-order valence-corrected chi connectivity index (χ2v) is 4.82. The van der Waals surface area contributed by atoms with E-state index in [0.29, 0.717) is 37.5 Å². The molecular formula is C16H25N3O3. The molecule has 0 aromatic heterocycles. The van der Waals surface area contributed by atoms with Crippen LogP contribution in [0.15, 0.2) is 24.3 Å². The van der Waals surface area contributed by atoms with Crippen LogP contribution in [0.1, 0.15) is 20.3 Å². The molecule has 0 aliphatic rings. The van der Waals surface area contributed by atoms with Crippen molar-refractivity contribution in [2.24, 2.45) is 0 Å². The number of hydrogen-bond donors (Lipinski definition) is 2. The number of carbonyl (C=O) groups is 2. The van der Waals surface area contributed by atoms with Gasteiger partial charge in [0, 0.05) is 19.5 Å². The van der Waals surface area contributed by atoms with Crippen molar-refractivity contribution in [3.05, 3.63) is 24.3 Å². The SMILES string of the molecule is CCNC(=O)CN(CC)CCC(=O)Nc1ccccc1OC. The molecule has 0 unspecified atom stereocenters. The highest BCUT2D eigenvalue weighted by atomic mass is 16.5. The summed E-state index contributed by atoms with van der Waals surface area (Å²) in [6, 6.07) is 7.28. The first kappa shape index (κ1) is 18.0. The second kappa shape index (κ2) is 9.78. The quantitative estimate of drug-likeness (QED) is 0.725. The Kier molecular flexibility index (Phi) is 7.99. The molecule has 0 saturated carbocycles. The molecule has 2 N–H and O–H groups in total. The van der Waals surface area contributed by atoms with Gasteiger partial charge < -0.3 is 15.4 Å². The highest BCUT2D eigenvalue weighted by molar-refractivity contribution is 5.92. The number of nitrogens with one attached hydrogen (secondary N) is 2. The van der Waals surface area contributed by atoms with E-state index in [2.05, 4.69) is 10.6 Å². The summed E-state index contributed by atoms with van der Waals surface area (Å²) in [4.78, 5) is 25.5. The van der Waals surface area contributed by atoms with Crippen molar-refractivity contribution in [1.82, 2.24) is 10.2 Å². The predicted molar refractivity (Wildman–Crippen MR) is 87.0 cm³/mol.